The van der Waals surface area contributed by atoms with Gasteiger partial charge in [-0.3, -0.25) is 0 Å². The number of aryl methyl sites for hydroxylation is 3. The number of thiazole rings is 1. The first kappa shape index (κ1) is 16.5. The van der Waals surface area contributed by atoms with Crippen molar-refractivity contribution in [2.45, 2.75) is 46.6 Å². The van der Waals surface area contributed by atoms with Crippen LogP contribution >= 0.6 is 22.9 Å². The first-order chi connectivity index (χ1) is 10.0. The molecule has 1 heterocycles. The number of nitrogens with zero attached hydrogens (tertiary/aromatic N) is 1. The molecule has 0 fully saturated rings. The summed E-state index contributed by atoms with van der Waals surface area (Å²) in [5.41, 5.74) is 3.44. The third-order valence-electron chi connectivity index (χ3n) is 3.69. The highest BCUT2D eigenvalue weighted by Gasteiger charge is 2.18. The Labute approximate surface area is 136 Å². The lowest BCUT2D eigenvalue weighted by Gasteiger charge is -2.20. The van der Waals surface area contributed by atoms with Crippen LogP contribution in [0.15, 0.2) is 18.2 Å². The van der Waals surface area contributed by atoms with Crippen LogP contribution in [0.5, 0.6) is 0 Å². The van der Waals surface area contributed by atoms with Crippen LogP contribution in [0.4, 0.5) is 0 Å². The minimum absolute atomic E-state index is 0.224. The molecule has 1 aromatic heterocycles. The number of hydrogen-bond donors (Lipinski definition) is 1. The van der Waals surface area contributed by atoms with Crippen LogP contribution < -0.4 is 5.32 Å². The Bertz CT molecular complexity index is 587. The van der Waals surface area contributed by atoms with Gasteiger partial charge in [0.25, 0.3) is 0 Å². The maximum atomic E-state index is 6.51. The molecule has 4 heteroatoms. The SMILES string of the molecule is CCCNC(Cc1nc(C)c(C)s1)c1cccc(C)c1Cl. The van der Waals surface area contributed by atoms with Crippen molar-refractivity contribution in [3.05, 3.63) is 49.9 Å². The molecule has 1 atom stereocenters. The molecule has 0 aliphatic carbocycles. The molecule has 2 nitrogen and oxygen atoms in total. The van der Waals surface area contributed by atoms with Crippen molar-refractivity contribution >= 4 is 22.9 Å². The monoisotopic (exact) mass is 322 g/mol. The molecule has 0 aliphatic heterocycles. The van der Waals surface area contributed by atoms with Crippen molar-refractivity contribution in [2.75, 3.05) is 6.54 Å². The van der Waals surface area contributed by atoms with Crippen LogP contribution in [0.25, 0.3) is 0 Å². The van der Waals surface area contributed by atoms with Gasteiger partial charge in [-0.25, -0.2) is 4.98 Å². The van der Waals surface area contributed by atoms with Crippen LogP contribution in [0.2, 0.25) is 5.02 Å². The van der Waals surface area contributed by atoms with Crippen molar-refractivity contribution < 1.29 is 0 Å². The molecule has 0 spiro atoms. The molecule has 0 radical (unpaired) electrons. The van der Waals surface area contributed by atoms with E-state index in [1.807, 2.05) is 0 Å². The summed E-state index contributed by atoms with van der Waals surface area (Å²) < 4.78 is 0. The second kappa shape index (κ2) is 7.39. The van der Waals surface area contributed by atoms with Crippen LogP contribution in [0.1, 0.15) is 46.1 Å². The zero-order valence-corrected chi connectivity index (χ0v) is 14.7. The van der Waals surface area contributed by atoms with Gasteiger partial charge in [-0.15, -0.1) is 11.3 Å². The van der Waals surface area contributed by atoms with Gasteiger partial charge >= 0.3 is 0 Å². The van der Waals surface area contributed by atoms with Gasteiger partial charge in [0.2, 0.25) is 0 Å². The molecule has 1 unspecified atom stereocenters. The highest BCUT2D eigenvalue weighted by molar-refractivity contribution is 7.11. The minimum atomic E-state index is 0.224. The Hall–Kier alpha value is -0.900. The van der Waals surface area contributed by atoms with E-state index in [0.29, 0.717) is 0 Å². The van der Waals surface area contributed by atoms with Gasteiger partial charge in [0.15, 0.2) is 0 Å². The van der Waals surface area contributed by atoms with Crippen molar-refractivity contribution in [3.63, 3.8) is 0 Å². The predicted octanol–water partition coefficient (Wildman–Crippen LogP) is 5.01. The molecule has 1 aromatic carbocycles. The van der Waals surface area contributed by atoms with E-state index in [2.05, 4.69) is 56.2 Å². The van der Waals surface area contributed by atoms with E-state index in [1.165, 1.54) is 15.4 Å². The van der Waals surface area contributed by atoms with Gasteiger partial charge in [-0.1, -0.05) is 36.7 Å². The maximum absolute atomic E-state index is 6.51. The van der Waals surface area contributed by atoms with E-state index in [1.54, 1.807) is 11.3 Å². The normalized spacial score (nSPS) is 12.6. The van der Waals surface area contributed by atoms with Crippen LogP contribution in [0.3, 0.4) is 0 Å². The quantitative estimate of drug-likeness (QED) is 0.809. The molecule has 114 valence electrons. The smallest absolute Gasteiger partial charge is 0.0949 e. The van der Waals surface area contributed by atoms with Crippen LogP contribution in [-0.4, -0.2) is 11.5 Å². The number of hydrogen-bond acceptors (Lipinski definition) is 3. The van der Waals surface area contributed by atoms with Gasteiger partial charge in [-0.2, -0.15) is 0 Å². The first-order valence-electron chi connectivity index (χ1n) is 7.44. The topological polar surface area (TPSA) is 24.9 Å². The fourth-order valence-corrected chi connectivity index (χ4v) is 3.59. The Balaban J connectivity index is 2.27. The van der Waals surface area contributed by atoms with Gasteiger partial charge in [0, 0.05) is 22.4 Å². The molecule has 0 saturated heterocycles. The number of halogens is 1. The van der Waals surface area contributed by atoms with Crippen molar-refractivity contribution in [2.24, 2.45) is 0 Å². The summed E-state index contributed by atoms with van der Waals surface area (Å²) in [4.78, 5) is 5.97. The third kappa shape index (κ3) is 4.06. The molecule has 1 N–H and O–H groups in total. The summed E-state index contributed by atoms with van der Waals surface area (Å²) in [7, 11) is 0. The van der Waals surface area contributed by atoms with E-state index in [9.17, 15) is 0 Å². The Morgan fingerprint density at radius 1 is 1.29 bits per heavy atom. The first-order valence-corrected chi connectivity index (χ1v) is 8.63. The third-order valence-corrected chi connectivity index (χ3v) is 5.30. The summed E-state index contributed by atoms with van der Waals surface area (Å²) in [6.45, 7) is 9.42. The van der Waals surface area contributed by atoms with E-state index in [0.717, 1.165) is 35.7 Å². The number of benzene rings is 1. The highest BCUT2D eigenvalue weighted by atomic mass is 35.5. The van der Waals surface area contributed by atoms with Crippen molar-refractivity contribution in [1.82, 2.24) is 10.3 Å². The summed E-state index contributed by atoms with van der Waals surface area (Å²) >= 11 is 8.30. The lowest BCUT2D eigenvalue weighted by molar-refractivity contribution is 0.528. The van der Waals surface area contributed by atoms with Gasteiger partial charge < -0.3 is 5.32 Å². The molecule has 0 saturated carbocycles. The predicted molar refractivity (Wildman–Crippen MR) is 92.5 cm³/mol. The van der Waals surface area contributed by atoms with Gasteiger partial charge in [-0.05, 0) is 44.9 Å². The summed E-state index contributed by atoms with van der Waals surface area (Å²) in [5, 5.41) is 5.66. The minimum Gasteiger partial charge on any atom is -0.310 e. The Kier molecular flexibility index (Phi) is 5.80. The van der Waals surface area contributed by atoms with Crippen molar-refractivity contribution in [1.29, 1.82) is 0 Å². The van der Waals surface area contributed by atoms with E-state index in [-0.39, 0.29) is 6.04 Å². The summed E-state index contributed by atoms with van der Waals surface area (Å²) in [6, 6.07) is 6.48. The van der Waals surface area contributed by atoms with Crippen LogP contribution in [0, 0.1) is 20.8 Å². The maximum Gasteiger partial charge on any atom is 0.0949 e. The molecule has 0 aliphatic rings. The molecular weight excluding hydrogens is 300 g/mol. The molecule has 2 rings (SSSR count). The molecular formula is C17H23ClN2S. The molecule has 0 bridgehead atoms. The zero-order chi connectivity index (χ0) is 15.4. The fraction of sp³-hybridized carbons (Fsp3) is 0.471. The second-order valence-corrected chi connectivity index (χ2v) is 7.10. The number of nitrogens with one attached hydrogen (secondary N) is 1. The molecule has 2 aromatic rings. The Morgan fingerprint density at radius 2 is 2.05 bits per heavy atom. The fourth-order valence-electron chi connectivity index (χ4n) is 2.35. The van der Waals surface area contributed by atoms with Crippen LogP contribution in [-0.2, 0) is 6.42 Å². The van der Waals surface area contributed by atoms with E-state index in [4.69, 9.17) is 11.6 Å². The van der Waals surface area contributed by atoms with Gasteiger partial charge in [0.05, 0.1) is 10.7 Å². The number of rotatable bonds is 6. The standard InChI is InChI=1S/C17H23ClN2S/c1-5-9-19-15(10-16-20-12(3)13(4)21-16)14-8-6-7-11(2)17(14)18/h6-8,15,19H,5,9-10H2,1-4H3. The molecule has 0 amide bonds. The average molecular weight is 323 g/mol. The largest absolute Gasteiger partial charge is 0.310 e. The number of aromatic nitrogens is 1. The lowest BCUT2D eigenvalue weighted by atomic mass is 10.0. The zero-order valence-electron chi connectivity index (χ0n) is 13.2. The Morgan fingerprint density at radius 3 is 2.67 bits per heavy atom. The van der Waals surface area contributed by atoms with E-state index < -0.39 is 0 Å². The van der Waals surface area contributed by atoms with Crippen molar-refractivity contribution in [3.8, 4) is 0 Å². The lowest BCUT2D eigenvalue weighted by Crippen LogP contribution is -2.24. The summed E-state index contributed by atoms with van der Waals surface area (Å²) in [5.74, 6) is 0. The van der Waals surface area contributed by atoms with E-state index >= 15 is 0 Å². The highest BCUT2D eigenvalue weighted by Crippen LogP contribution is 2.30. The molecule has 21 heavy (non-hydrogen) atoms. The second-order valence-electron chi connectivity index (χ2n) is 5.44. The summed E-state index contributed by atoms with van der Waals surface area (Å²) in [6.07, 6.45) is 2.00. The van der Waals surface area contributed by atoms with Gasteiger partial charge in [0.1, 0.15) is 0 Å². The average Bonchev–Trinajstić information content (AvgIpc) is 2.76.